The van der Waals surface area contributed by atoms with Gasteiger partial charge in [-0.3, -0.25) is 4.57 Å². The molecule has 0 aliphatic heterocycles. The van der Waals surface area contributed by atoms with Gasteiger partial charge in [0.15, 0.2) is 4.77 Å². The number of hydrogen-bond donors (Lipinski definition) is 1. The van der Waals surface area contributed by atoms with E-state index in [-0.39, 0.29) is 5.82 Å². The Morgan fingerprint density at radius 1 is 1.29 bits per heavy atom. The van der Waals surface area contributed by atoms with E-state index in [1.54, 1.807) is 13.2 Å². The first kappa shape index (κ1) is 14.3. The summed E-state index contributed by atoms with van der Waals surface area (Å²) in [6.45, 7) is 1.96. The Morgan fingerprint density at radius 2 is 2.05 bits per heavy atom. The maximum absolute atomic E-state index is 13.8. The first-order chi connectivity index (χ1) is 10.0. The van der Waals surface area contributed by atoms with E-state index in [0.717, 1.165) is 22.5 Å². The molecular weight excluding hydrogens is 355 g/mol. The Bertz CT molecular complexity index is 901. The average molecular weight is 367 g/mol. The molecule has 0 bridgehead atoms. The monoisotopic (exact) mass is 366 g/mol. The van der Waals surface area contributed by atoms with Gasteiger partial charge in [0.25, 0.3) is 0 Å². The standard InChI is InChI=1S/C15H12BrFN2OS/c1-8-5-9(3-4-14(8)20-2)19-13-7-11(17)10(16)6-12(13)18-15(19)21/h3-7H,1-2H3,(H,18,21). The van der Waals surface area contributed by atoms with Crippen molar-refractivity contribution in [2.24, 2.45) is 0 Å². The normalized spacial score (nSPS) is 11.0. The van der Waals surface area contributed by atoms with E-state index in [1.807, 2.05) is 29.7 Å². The summed E-state index contributed by atoms with van der Waals surface area (Å²) in [5.74, 6) is 0.481. The summed E-state index contributed by atoms with van der Waals surface area (Å²) < 4.78 is 21.8. The van der Waals surface area contributed by atoms with Crippen LogP contribution in [0.3, 0.4) is 0 Å². The molecule has 1 aromatic heterocycles. The first-order valence-electron chi connectivity index (χ1n) is 6.26. The van der Waals surface area contributed by atoms with Gasteiger partial charge < -0.3 is 9.72 Å². The Kier molecular flexibility index (Phi) is 3.59. The van der Waals surface area contributed by atoms with Gasteiger partial charge >= 0.3 is 0 Å². The van der Waals surface area contributed by atoms with Crippen molar-refractivity contribution in [1.29, 1.82) is 0 Å². The van der Waals surface area contributed by atoms with E-state index in [0.29, 0.717) is 14.8 Å². The lowest BCUT2D eigenvalue weighted by atomic mass is 10.2. The van der Waals surface area contributed by atoms with Crippen molar-refractivity contribution in [2.45, 2.75) is 6.92 Å². The number of aromatic nitrogens is 2. The summed E-state index contributed by atoms with van der Waals surface area (Å²) in [6.07, 6.45) is 0. The van der Waals surface area contributed by atoms with Crippen LogP contribution in [-0.4, -0.2) is 16.7 Å². The number of halogens is 2. The third-order valence-electron chi connectivity index (χ3n) is 3.36. The summed E-state index contributed by atoms with van der Waals surface area (Å²) in [7, 11) is 1.63. The third kappa shape index (κ3) is 2.38. The zero-order valence-corrected chi connectivity index (χ0v) is 13.8. The predicted molar refractivity (Wildman–Crippen MR) is 87.4 cm³/mol. The first-order valence-corrected chi connectivity index (χ1v) is 7.46. The van der Waals surface area contributed by atoms with Gasteiger partial charge in [-0.25, -0.2) is 4.39 Å². The van der Waals surface area contributed by atoms with Crippen LogP contribution in [0.25, 0.3) is 16.7 Å². The van der Waals surface area contributed by atoms with Crippen molar-refractivity contribution >= 4 is 39.2 Å². The van der Waals surface area contributed by atoms with E-state index in [4.69, 9.17) is 17.0 Å². The molecule has 0 amide bonds. The minimum atomic E-state index is -0.324. The van der Waals surface area contributed by atoms with Crippen molar-refractivity contribution in [3.05, 3.63) is 51.0 Å². The number of fused-ring (bicyclic) bond motifs is 1. The molecule has 3 rings (SSSR count). The molecule has 0 unspecified atom stereocenters. The van der Waals surface area contributed by atoms with E-state index < -0.39 is 0 Å². The molecule has 0 fully saturated rings. The highest BCUT2D eigenvalue weighted by Crippen LogP contribution is 2.27. The average Bonchev–Trinajstić information content (AvgIpc) is 2.74. The van der Waals surface area contributed by atoms with Crippen LogP contribution in [0.2, 0.25) is 0 Å². The molecule has 3 aromatic rings. The van der Waals surface area contributed by atoms with Gasteiger partial charge in [0.1, 0.15) is 11.6 Å². The molecule has 0 aliphatic rings. The molecule has 21 heavy (non-hydrogen) atoms. The molecule has 2 aromatic carbocycles. The summed E-state index contributed by atoms with van der Waals surface area (Å²) in [5.41, 5.74) is 3.34. The van der Waals surface area contributed by atoms with Crippen LogP contribution in [0, 0.1) is 17.5 Å². The molecule has 6 heteroatoms. The zero-order chi connectivity index (χ0) is 15.1. The molecular formula is C15H12BrFN2OS. The zero-order valence-electron chi connectivity index (χ0n) is 11.4. The van der Waals surface area contributed by atoms with Crippen molar-refractivity contribution < 1.29 is 9.13 Å². The molecule has 0 saturated heterocycles. The minimum Gasteiger partial charge on any atom is -0.496 e. The molecule has 1 heterocycles. The molecule has 0 radical (unpaired) electrons. The fourth-order valence-electron chi connectivity index (χ4n) is 2.36. The molecule has 0 spiro atoms. The molecule has 0 atom stereocenters. The number of benzene rings is 2. The van der Waals surface area contributed by atoms with Gasteiger partial charge in [0.05, 0.1) is 22.6 Å². The van der Waals surface area contributed by atoms with Crippen molar-refractivity contribution in [1.82, 2.24) is 9.55 Å². The fourth-order valence-corrected chi connectivity index (χ4v) is 3.02. The van der Waals surface area contributed by atoms with Gasteiger partial charge in [-0.15, -0.1) is 0 Å². The van der Waals surface area contributed by atoms with E-state index >= 15 is 0 Å². The largest absolute Gasteiger partial charge is 0.496 e. The molecule has 0 saturated carbocycles. The van der Waals surface area contributed by atoms with E-state index in [1.165, 1.54) is 6.07 Å². The van der Waals surface area contributed by atoms with Crippen LogP contribution >= 0.6 is 28.1 Å². The van der Waals surface area contributed by atoms with Gasteiger partial charge in [-0.05, 0) is 64.9 Å². The number of H-pyrrole nitrogens is 1. The van der Waals surface area contributed by atoms with E-state index in [2.05, 4.69) is 20.9 Å². The highest BCUT2D eigenvalue weighted by atomic mass is 79.9. The number of aromatic amines is 1. The highest BCUT2D eigenvalue weighted by molar-refractivity contribution is 9.10. The second-order valence-electron chi connectivity index (χ2n) is 4.70. The number of nitrogens with one attached hydrogen (secondary N) is 1. The highest BCUT2D eigenvalue weighted by Gasteiger charge is 2.11. The predicted octanol–water partition coefficient (Wildman–Crippen LogP) is 4.91. The van der Waals surface area contributed by atoms with Crippen LogP contribution in [0.5, 0.6) is 5.75 Å². The summed E-state index contributed by atoms with van der Waals surface area (Å²) in [6, 6.07) is 8.88. The maximum atomic E-state index is 13.8. The minimum absolute atomic E-state index is 0.324. The van der Waals surface area contributed by atoms with E-state index in [9.17, 15) is 4.39 Å². The number of methoxy groups -OCH3 is 1. The smallest absolute Gasteiger partial charge is 0.182 e. The maximum Gasteiger partial charge on any atom is 0.182 e. The van der Waals surface area contributed by atoms with Gasteiger partial charge in [0.2, 0.25) is 0 Å². The number of ether oxygens (including phenoxy) is 1. The quantitative estimate of drug-likeness (QED) is 0.653. The topological polar surface area (TPSA) is 29.9 Å². The fraction of sp³-hybridized carbons (Fsp3) is 0.133. The van der Waals surface area contributed by atoms with Crippen molar-refractivity contribution in [3.8, 4) is 11.4 Å². The second kappa shape index (κ2) is 5.27. The number of nitrogens with zero attached hydrogens (tertiary/aromatic N) is 1. The number of imidazole rings is 1. The Morgan fingerprint density at radius 3 is 2.71 bits per heavy atom. The van der Waals surface area contributed by atoms with Crippen LogP contribution in [0.4, 0.5) is 4.39 Å². The summed E-state index contributed by atoms with van der Waals surface area (Å²) in [4.78, 5) is 3.09. The molecule has 3 nitrogen and oxygen atoms in total. The molecule has 108 valence electrons. The van der Waals surface area contributed by atoms with Crippen molar-refractivity contribution in [2.75, 3.05) is 7.11 Å². The van der Waals surface area contributed by atoms with Crippen LogP contribution in [0.15, 0.2) is 34.8 Å². The summed E-state index contributed by atoms with van der Waals surface area (Å²) >= 11 is 8.55. The van der Waals surface area contributed by atoms with Gasteiger partial charge in [0, 0.05) is 11.8 Å². The third-order valence-corrected chi connectivity index (χ3v) is 4.25. The number of rotatable bonds is 2. The van der Waals surface area contributed by atoms with Crippen LogP contribution < -0.4 is 4.74 Å². The summed E-state index contributed by atoms with van der Waals surface area (Å²) in [5, 5.41) is 0. The lowest BCUT2D eigenvalue weighted by molar-refractivity contribution is 0.411. The Balaban J connectivity index is 2.29. The molecule has 0 aliphatic carbocycles. The molecule has 1 N–H and O–H groups in total. The van der Waals surface area contributed by atoms with Crippen LogP contribution in [-0.2, 0) is 0 Å². The second-order valence-corrected chi connectivity index (χ2v) is 5.94. The van der Waals surface area contributed by atoms with Gasteiger partial charge in [-0.1, -0.05) is 0 Å². The lowest BCUT2D eigenvalue weighted by Gasteiger charge is -2.09. The SMILES string of the molecule is COc1ccc(-n2c(=S)[nH]c3cc(Br)c(F)cc32)cc1C. The van der Waals surface area contributed by atoms with Gasteiger partial charge in [-0.2, -0.15) is 0 Å². The Hall–Kier alpha value is -1.66. The number of aryl methyl sites for hydroxylation is 1. The lowest BCUT2D eigenvalue weighted by Crippen LogP contribution is -1.96. The van der Waals surface area contributed by atoms with Crippen molar-refractivity contribution in [3.63, 3.8) is 0 Å². The Labute approximate surface area is 134 Å². The number of hydrogen-bond acceptors (Lipinski definition) is 2. The van der Waals surface area contributed by atoms with Crippen LogP contribution in [0.1, 0.15) is 5.56 Å².